The fourth-order valence-electron chi connectivity index (χ4n) is 2.53. The van der Waals surface area contributed by atoms with E-state index in [1.165, 1.54) is 26.2 Å². The van der Waals surface area contributed by atoms with Crippen molar-refractivity contribution in [3.05, 3.63) is 0 Å². The lowest BCUT2D eigenvalue weighted by Crippen LogP contribution is -2.41. The first-order chi connectivity index (χ1) is 8.13. The molecule has 0 saturated heterocycles. The number of hydrogen-bond donors (Lipinski definition) is 1. The van der Waals surface area contributed by atoms with Crippen LogP contribution < -0.4 is 5.32 Å². The number of esters is 1. The molecule has 1 saturated carbocycles. The second-order valence-corrected chi connectivity index (χ2v) is 4.71. The predicted molar refractivity (Wildman–Crippen MR) is 65.4 cm³/mol. The third kappa shape index (κ3) is 5.20. The van der Waals surface area contributed by atoms with E-state index in [0.29, 0.717) is 18.9 Å². The maximum atomic E-state index is 11.5. The monoisotopic (exact) mass is 241 g/mol. The highest BCUT2D eigenvalue weighted by Gasteiger charge is 2.26. The van der Waals surface area contributed by atoms with E-state index < -0.39 is 0 Å². The molecule has 0 bridgehead atoms. The summed E-state index contributed by atoms with van der Waals surface area (Å²) < 4.78 is 4.95. The van der Waals surface area contributed by atoms with Gasteiger partial charge in [0, 0.05) is 13.0 Å². The van der Waals surface area contributed by atoms with E-state index >= 15 is 0 Å². The van der Waals surface area contributed by atoms with Crippen LogP contribution in [-0.4, -0.2) is 24.5 Å². The zero-order valence-electron chi connectivity index (χ0n) is 10.8. The second kappa shape index (κ2) is 7.30. The molecule has 0 aliphatic heterocycles. The van der Waals surface area contributed by atoms with Crippen LogP contribution >= 0.6 is 0 Å². The molecule has 4 heteroatoms. The van der Waals surface area contributed by atoms with Crippen molar-refractivity contribution in [3.63, 3.8) is 0 Å². The summed E-state index contributed by atoms with van der Waals surface area (Å²) in [5.74, 6) is 0.152. The van der Waals surface area contributed by atoms with Crippen molar-refractivity contribution in [2.24, 2.45) is 5.92 Å². The summed E-state index contributed by atoms with van der Waals surface area (Å²) in [6.45, 7) is 3.70. The van der Waals surface area contributed by atoms with E-state index in [1.807, 2.05) is 0 Å². The standard InChI is InChI=1S/C13H23NO3/c1-3-17-13(16)9-12(14-10(2)15)11-7-5-4-6-8-11/h11-12H,3-9H2,1-2H3,(H,14,15)/t12-/m0/s1. The minimum atomic E-state index is -0.211. The first kappa shape index (κ1) is 14.0. The molecule has 1 amide bonds. The van der Waals surface area contributed by atoms with E-state index in [4.69, 9.17) is 4.74 Å². The van der Waals surface area contributed by atoms with Gasteiger partial charge in [-0.3, -0.25) is 9.59 Å². The van der Waals surface area contributed by atoms with E-state index in [0.717, 1.165) is 12.8 Å². The summed E-state index contributed by atoms with van der Waals surface area (Å²) >= 11 is 0. The van der Waals surface area contributed by atoms with Crippen LogP contribution in [0.15, 0.2) is 0 Å². The van der Waals surface area contributed by atoms with E-state index in [2.05, 4.69) is 5.32 Å². The summed E-state index contributed by atoms with van der Waals surface area (Å²) in [5, 5.41) is 2.90. The molecule has 1 N–H and O–H groups in total. The van der Waals surface area contributed by atoms with Crippen molar-refractivity contribution in [2.45, 2.75) is 58.4 Å². The molecule has 1 aliphatic carbocycles. The highest BCUT2D eigenvalue weighted by atomic mass is 16.5. The van der Waals surface area contributed by atoms with Gasteiger partial charge in [-0.1, -0.05) is 19.3 Å². The van der Waals surface area contributed by atoms with Gasteiger partial charge in [0.15, 0.2) is 0 Å². The molecule has 0 radical (unpaired) electrons. The minimum absolute atomic E-state index is 0.0492. The van der Waals surface area contributed by atoms with Gasteiger partial charge < -0.3 is 10.1 Å². The van der Waals surface area contributed by atoms with Gasteiger partial charge in [0.1, 0.15) is 0 Å². The molecule has 0 unspecified atom stereocenters. The van der Waals surface area contributed by atoms with Crippen molar-refractivity contribution in [1.29, 1.82) is 0 Å². The van der Waals surface area contributed by atoms with Crippen molar-refractivity contribution >= 4 is 11.9 Å². The molecule has 1 fully saturated rings. The molecular formula is C13H23NO3. The lowest BCUT2D eigenvalue weighted by Gasteiger charge is -2.30. The minimum Gasteiger partial charge on any atom is -0.466 e. The predicted octanol–water partition coefficient (Wildman–Crippen LogP) is 2.02. The molecule has 1 atom stereocenters. The van der Waals surface area contributed by atoms with E-state index in [-0.39, 0.29) is 17.9 Å². The SMILES string of the molecule is CCOC(=O)C[C@H](NC(C)=O)C1CCCCC1. The number of hydrogen-bond acceptors (Lipinski definition) is 3. The van der Waals surface area contributed by atoms with Crippen LogP contribution in [0.1, 0.15) is 52.4 Å². The molecule has 0 spiro atoms. The quantitative estimate of drug-likeness (QED) is 0.749. The highest BCUT2D eigenvalue weighted by Crippen LogP contribution is 2.27. The van der Waals surface area contributed by atoms with Gasteiger partial charge in [0.2, 0.25) is 5.91 Å². The fourth-order valence-corrected chi connectivity index (χ4v) is 2.53. The summed E-state index contributed by atoms with van der Waals surface area (Å²) in [5.41, 5.74) is 0. The molecule has 98 valence electrons. The van der Waals surface area contributed by atoms with Crippen LogP contribution in [0.5, 0.6) is 0 Å². The molecule has 0 aromatic carbocycles. The van der Waals surface area contributed by atoms with Crippen LogP contribution in [0.4, 0.5) is 0 Å². The van der Waals surface area contributed by atoms with Crippen molar-refractivity contribution in [1.82, 2.24) is 5.32 Å². The molecule has 1 rings (SSSR count). The number of amides is 1. The lowest BCUT2D eigenvalue weighted by atomic mass is 9.82. The van der Waals surface area contributed by atoms with Crippen molar-refractivity contribution in [2.75, 3.05) is 6.61 Å². The molecule has 0 heterocycles. The van der Waals surface area contributed by atoms with Crippen molar-refractivity contribution in [3.8, 4) is 0 Å². The number of rotatable bonds is 5. The Kier molecular flexibility index (Phi) is 6.01. The largest absolute Gasteiger partial charge is 0.466 e. The molecule has 17 heavy (non-hydrogen) atoms. The van der Waals surface area contributed by atoms with E-state index in [9.17, 15) is 9.59 Å². The maximum Gasteiger partial charge on any atom is 0.307 e. The third-order valence-electron chi connectivity index (χ3n) is 3.30. The fraction of sp³-hybridized carbons (Fsp3) is 0.846. The normalized spacial score (nSPS) is 18.5. The topological polar surface area (TPSA) is 55.4 Å². The van der Waals surface area contributed by atoms with Crippen LogP contribution in [-0.2, 0) is 14.3 Å². The molecule has 0 aromatic rings. The Morgan fingerprint density at radius 1 is 1.29 bits per heavy atom. The number of carbonyl (C=O) groups is 2. The average molecular weight is 241 g/mol. The maximum absolute atomic E-state index is 11.5. The van der Waals surface area contributed by atoms with Gasteiger partial charge in [-0.2, -0.15) is 0 Å². The lowest BCUT2D eigenvalue weighted by molar-refractivity contribution is -0.144. The Morgan fingerprint density at radius 2 is 1.94 bits per heavy atom. The number of nitrogens with one attached hydrogen (secondary N) is 1. The molecular weight excluding hydrogens is 218 g/mol. The summed E-state index contributed by atoms with van der Waals surface area (Å²) in [7, 11) is 0. The Hall–Kier alpha value is -1.06. The van der Waals surface area contributed by atoms with Gasteiger partial charge >= 0.3 is 5.97 Å². The third-order valence-corrected chi connectivity index (χ3v) is 3.30. The summed E-state index contributed by atoms with van der Waals surface area (Å²) in [6.07, 6.45) is 6.17. The van der Waals surface area contributed by atoms with Crippen LogP contribution in [0.25, 0.3) is 0 Å². The molecule has 1 aliphatic rings. The first-order valence-electron chi connectivity index (χ1n) is 6.56. The second-order valence-electron chi connectivity index (χ2n) is 4.71. The van der Waals surface area contributed by atoms with Crippen LogP contribution in [0.2, 0.25) is 0 Å². The Balaban J connectivity index is 2.52. The zero-order valence-corrected chi connectivity index (χ0v) is 10.8. The Bertz CT molecular complexity index is 259. The van der Waals surface area contributed by atoms with Gasteiger partial charge in [-0.15, -0.1) is 0 Å². The van der Waals surface area contributed by atoms with Crippen LogP contribution in [0, 0.1) is 5.92 Å². The van der Waals surface area contributed by atoms with Gasteiger partial charge in [-0.05, 0) is 25.7 Å². The first-order valence-corrected chi connectivity index (χ1v) is 6.56. The van der Waals surface area contributed by atoms with Crippen LogP contribution in [0.3, 0.4) is 0 Å². The Morgan fingerprint density at radius 3 is 2.47 bits per heavy atom. The average Bonchev–Trinajstić information content (AvgIpc) is 2.29. The van der Waals surface area contributed by atoms with Crippen molar-refractivity contribution < 1.29 is 14.3 Å². The number of ether oxygens (including phenoxy) is 1. The zero-order chi connectivity index (χ0) is 12.7. The summed E-state index contributed by atoms with van der Waals surface area (Å²) in [6, 6.07) is -0.0492. The van der Waals surface area contributed by atoms with E-state index in [1.54, 1.807) is 6.92 Å². The molecule has 4 nitrogen and oxygen atoms in total. The smallest absolute Gasteiger partial charge is 0.307 e. The van der Waals surface area contributed by atoms with Gasteiger partial charge in [-0.25, -0.2) is 0 Å². The van der Waals surface area contributed by atoms with Gasteiger partial charge in [0.05, 0.1) is 13.0 Å². The van der Waals surface area contributed by atoms with Gasteiger partial charge in [0.25, 0.3) is 0 Å². The highest BCUT2D eigenvalue weighted by molar-refractivity contribution is 5.75. The summed E-state index contributed by atoms with van der Waals surface area (Å²) in [4.78, 5) is 22.7. The number of carbonyl (C=O) groups excluding carboxylic acids is 2. The Labute approximate surface area is 103 Å². The molecule has 0 aromatic heterocycles.